The Morgan fingerprint density at radius 3 is 2.77 bits per heavy atom. The normalized spacial score (nSPS) is 26.0. The molecule has 2 aliphatic heterocycles. The Morgan fingerprint density at radius 1 is 1.32 bits per heavy atom. The maximum atomic E-state index is 12.3. The van der Waals surface area contributed by atoms with Crippen molar-refractivity contribution in [1.82, 2.24) is 24.8 Å². The second-order valence-corrected chi connectivity index (χ2v) is 6.34. The summed E-state index contributed by atoms with van der Waals surface area (Å²) >= 11 is 0. The zero-order valence-electron chi connectivity index (χ0n) is 12.7. The number of hydrogen-bond donors (Lipinski definition) is 2. The first-order chi connectivity index (χ1) is 10.6. The summed E-state index contributed by atoms with van der Waals surface area (Å²) in [5, 5.41) is 27.2. The highest BCUT2D eigenvalue weighted by Crippen LogP contribution is 2.24. The molecule has 0 aliphatic carbocycles. The lowest BCUT2D eigenvalue weighted by Crippen LogP contribution is -2.45. The molecule has 0 unspecified atom stereocenters. The topological polar surface area (TPSA) is 94.7 Å². The van der Waals surface area contributed by atoms with Crippen LogP contribution < -0.4 is 0 Å². The molecule has 1 amide bonds. The quantitative estimate of drug-likeness (QED) is 0.712. The Balaban J connectivity index is 1.53. The number of β-amino-alcohol motifs (C(OH)–C–C–N with tert-alkyl or cyclic N) is 1. The predicted molar refractivity (Wildman–Crippen MR) is 77.8 cm³/mol. The summed E-state index contributed by atoms with van der Waals surface area (Å²) in [6, 6.07) is 0. The number of rotatable bonds is 5. The van der Waals surface area contributed by atoms with Crippen LogP contribution in [0.4, 0.5) is 0 Å². The van der Waals surface area contributed by atoms with Crippen LogP contribution >= 0.6 is 0 Å². The number of likely N-dealkylation sites (tertiary alicyclic amines) is 2. The summed E-state index contributed by atoms with van der Waals surface area (Å²) < 4.78 is 1.42. The van der Waals surface area contributed by atoms with Gasteiger partial charge in [0.15, 0.2) is 0 Å². The molecule has 0 bridgehead atoms. The number of carbonyl (C=O) groups is 1. The summed E-state index contributed by atoms with van der Waals surface area (Å²) in [6.45, 7) is 3.59. The van der Waals surface area contributed by atoms with E-state index in [2.05, 4.69) is 15.2 Å². The van der Waals surface area contributed by atoms with E-state index in [1.807, 2.05) is 0 Å². The molecule has 2 aliphatic rings. The van der Waals surface area contributed by atoms with Gasteiger partial charge in [-0.1, -0.05) is 5.21 Å². The fourth-order valence-corrected chi connectivity index (χ4v) is 3.28. The van der Waals surface area contributed by atoms with E-state index in [0.717, 1.165) is 13.1 Å². The SMILES string of the molecule is O=C(Cn1cc(CO)nn1)N1CC[C@](O)(CN2CCCC2)C1. The molecule has 122 valence electrons. The first-order valence-electron chi connectivity index (χ1n) is 7.80. The van der Waals surface area contributed by atoms with Crippen molar-refractivity contribution in [1.29, 1.82) is 0 Å². The highest BCUT2D eigenvalue weighted by atomic mass is 16.3. The largest absolute Gasteiger partial charge is 0.390 e. The first-order valence-corrected chi connectivity index (χ1v) is 7.80. The Morgan fingerprint density at radius 2 is 2.09 bits per heavy atom. The summed E-state index contributed by atoms with van der Waals surface area (Å²) in [4.78, 5) is 16.3. The van der Waals surface area contributed by atoms with Crippen LogP contribution in [-0.2, 0) is 17.9 Å². The molecule has 2 saturated heterocycles. The van der Waals surface area contributed by atoms with Crippen molar-refractivity contribution in [3.05, 3.63) is 11.9 Å². The molecule has 2 fully saturated rings. The summed E-state index contributed by atoms with van der Waals surface area (Å²) in [6.07, 6.45) is 4.56. The van der Waals surface area contributed by atoms with Gasteiger partial charge >= 0.3 is 0 Å². The maximum Gasteiger partial charge on any atom is 0.244 e. The van der Waals surface area contributed by atoms with Crippen molar-refractivity contribution >= 4 is 5.91 Å². The Kier molecular flexibility index (Phi) is 4.42. The number of carbonyl (C=O) groups excluding carboxylic acids is 1. The Labute approximate surface area is 129 Å². The molecule has 0 aromatic carbocycles. The van der Waals surface area contributed by atoms with Crippen LogP contribution in [0.15, 0.2) is 6.20 Å². The molecular formula is C14H23N5O3. The number of nitrogens with zero attached hydrogens (tertiary/aromatic N) is 5. The molecule has 8 nitrogen and oxygen atoms in total. The fraction of sp³-hybridized carbons (Fsp3) is 0.786. The zero-order chi connectivity index (χ0) is 15.6. The van der Waals surface area contributed by atoms with Crippen molar-refractivity contribution in [3.8, 4) is 0 Å². The monoisotopic (exact) mass is 309 g/mol. The van der Waals surface area contributed by atoms with Crippen molar-refractivity contribution in [2.75, 3.05) is 32.7 Å². The second-order valence-electron chi connectivity index (χ2n) is 6.34. The van der Waals surface area contributed by atoms with Gasteiger partial charge in [-0.15, -0.1) is 5.10 Å². The molecular weight excluding hydrogens is 286 g/mol. The van der Waals surface area contributed by atoms with Gasteiger partial charge in [-0.3, -0.25) is 4.79 Å². The second kappa shape index (κ2) is 6.31. The van der Waals surface area contributed by atoms with Gasteiger partial charge in [0, 0.05) is 13.1 Å². The summed E-state index contributed by atoms with van der Waals surface area (Å²) in [5.74, 6) is -0.0771. The highest BCUT2D eigenvalue weighted by molar-refractivity contribution is 5.76. The maximum absolute atomic E-state index is 12.3. The van der Waals surface area contributed by atoms with Crippen LogP contribution in [0.2, 0.25) is 0 Å². The standard InChI is InChI=1S/C14H23N5O3/c20-9-12-7-19(16-15-12)8-13(21)18-6-3-14(22,11-18)10-17-4-1-2-5-17/h7,20,22H,1-6,8-11H2/t14-/m0/s1. The average molecular weight is 309 g/mol. The number of aliphatic hydroxyl groups is 2. The van der Waals surface area contributed by atoms with Crippen LogP contribution in [0.1, 0.15) is 25.0 Å². The van der Waals surface area contributed by atoms with Gasteiger partial charge in [-0.05, 0) is 32.4 Å². The lowest BCUT2D eigenvalue weighted by Gasteiger charge is -2.28. The van der Waals surface area contributed by atoms with Gasteiger partial charge < -0.3 is 20.0 Å². The van der Waals surface area contributed by atoms with Crippen LogP contribution in [-0.4, -0.2) is 79.2 Å². The van der Waals surface area contributed by atoms with Crippen molar-refractivity contribution in [2.45, 2.75) is 38.0 Å². The third kappa shape index (κ3) is 3.45. The van der Waals surface area contributed by atoms with Gasteiger partial charge in [0.2, 0.25) is 5.91 Å². The molecule has 2 N–H and O–H groups in total. The van der Waals surface area contributed by atoms with E-state index in [0.29, 0.717) is 31.7 Å². The van der Waals surface area contributed by atoms with Crippen LogP contribution in [0.3, 0.4) is 0 Å². The van der Waals surface area contributed by atoms with Gasteiger partial charge in [0.05, 0.1) is 24.9 Å². The molecule has 0 radical (unpaired) electrons. The van der Waals surface area contributed by atoms with Gasteiger partial charge in [0.1, 0.15) is 12.2 Å². The first kappa shape index (κ1) is 15.4. The molecule has 3 heterocycles. The molecule has 1 atom stereocenters. The van der Waals surface area contributed by atoms with Crippen molar-refractivity contribution in [2.24, 2.45) is 0 Å². The minimum Gasteiger partial charge on any atom is -0.390 e. The van der Waals surface area contributed by atoms with E-state index in [1.54, 1.807) is 11.1 Å². The minimum atomic E-state index is -0.793. The van der Waals surface area contributed by atoms with E-state index in [-0.39, 0.29) is 19.1 Å². The summed E-state index contributed by atoms with van der Waals surface area (Å²) in [7, 11) is 0. The number of aliphatic hydroxyl groups excluding tert-OH is 1. The van der Waals surface area contributed by atoms with Crippen LogP contribution in [0, 0.1) is 0 Å². The van der Waals surface area contributed by atoms with E-state index in [9.17, 15) is 9.90 Å². The molecule has 1 aromatic heterocycles. The molecule has 8 heteroatoms. The number of hydrogen-bond acceptors (Lipinski definition) is 6. The molecule has 0 spiro atoms. The number of aromatic nitrogens is 3. The number of amides is 1. The third-order valence-electron chi connectivity index (χ3n) is 4.45. The smallest absolute Gasteiger partial charge is 0.244 e. The zero-order valence-corrected chi connectivity index (χ0v) is 12.7. The highest BCUT2D eigenvalue weighted by Gasteiger charge is 2.39. The van der Waals surface area contributed by atoms with Gasteiger partial charge in [-0.25, -0.2) is 4.68 Å². The van der Waals surface area contributed by atoms with Gasteiger partial charge in [-0.2, -0.15) is 0 Å². The molecule has 3 rings (SSSR count). The summed E-state index contributed by atoms with van der Waals surface area (Å²) in [5.41, 5.74) is -0.349. The Hall–Kier alpha value is -1.51. The predicted octanol–water partition coefficient (Wildman–Crippen LogP) is -1.17. The lowest BCUT2D eigenvalue weighted by molar-refractivity contribution is -0.132. The van der Waals surface area contributed by atoms with E-state index < -0.39 is 5.60 Å². The van der Waals surface area contributed by atoms with E-state index in [1.165, 1.54) is 17.5 Å². The fourth-order valence-electron chi connectivity index (χ4n) is 3.28. The Bertz CT molecular complexity index is 528. The van der Waals surface area contributed by atoms with Crippen LogP contribution in [0.5, 0.6) is 0 Å². The molecule has 22 heavy (non-hydrogen) atoms. The lowest BCUT2D eigenvalue weighted by atomic mass is 10.0. The average Bonchev–Trinajstić information content (AvgIpc) is 3.20. The minimum absolute atomic E-state index is 0.0771. The van der Waals surface area contributed by atoms with Gasteiger partial charge in [0.25, 0.3) is 0 Å². The molecule has 0 saturated carbocycles. The third-order valence-corrected chi connectivity index (χ3v) is 4.45. The molecule has 1 aromatic rings. The van der Waals surface area contributed by atoms with Crippen molar-refractivity contribution < 1.29 is 15.0 Å². The van der Waals surface area contributed by atoms with Crippen molar-refractivity contribution in [3.63, 3.8) is 0 Å². The van der Waals surface area contributed by atoms with E-state index in [4.69, 9.17) is 5.11 Å². The van der Waals surface area contributed by atoms with E-state index >= 15 is 0 Å². The van der Waals surface area contributed by atoms with Crippen LogP contribution in [0.25, 0.3) is 0 Å².